The van der Waals surface area contributed by atoms with Gasteiger partial charge in [-0.3, -0.25) is 0 Å². The van der Waals surface area contributed by atoms with Gasteiger partial charge < -0.3 is 20.2 Å². The van der Waals surface area contributed by atoms with Gasteiger partial charge in [0.2, 0.25) is 0 Å². The molecule has 48 heavy (non-hydrogen) atoms. The number of fused-ring (bicyclic) bond motifs is 6. The number of rotatable bonds is 7. The van der Waals surface area contributed by atoms with E-state index in [1.807, 2.05) is 18.2 Å². The Bertz CT molecular complexity index is 2580. The van der Waals surface area contributed by atoms with E-state index in [4.69, 9.17) is 5.73 Å². The molecule has 0 aliphatic heterocycles. The van der Waals surface area contributed by atoms with E-state index in [2.05, 4.69) is 166 Å². The maximum absolute atomic E-state index is 6.75. The smallest absolute Gasteiger partial charge is 0.0572 e. The monoisotopic (exact) mass is 618 g/mol. The van der Waals surface area contributed by atoms with Crippen molar-refractivity contribution in [3.05, 3.63) is 187 Å². The van der Waals surface area contributed by atoms with Crippen molar-refractivity contribution in [1.29, 1.82) is 0 Å². The molecule has 0 aliphatic rings. The lowest BCUT2D eigenvalue weighted by Crippen LogP contribution is -2.14. The zero-order valence-corrected chi connectivity index (χ0v) is 26.4. The molecule has 0 saturated carbocycles. The Hall–Kier alpha value is -6.10. The van der Waals surface area contributed by atoms with Crippen molar-refractivity contribution in [3.63, 3.8) is 0 Å². The summed E-state index contributed by atoms with van der Waals surface area (Å²) in [6.07, 6.45) is 0. The molecular weight excluding hydrogens is 585 g/mol. The van der Waals surface area contributed by atoms with Crippen LogP contribution in [0.3, 0.4) is 0 Å². The second-order valence-electron chi connectivity index (χ2n) is 12.4. The van der Waals surface area contributed by atoms with Crippen molar-refractivity contribution >= 4 is 49.3 Å². The van der Waals surface area contributed by atoms with Gasteiger partial charge in [-0.15, -0.1) is 0 Å². The van der Waals surface area contributed by atoms with E-state index >= 15 is 0 Å². The first-order valence-electron chi connectivity index (χ1n) is 16.5. The zero-order valence-electron chi connectivity index (χ0n) is 26.4. The molecule has 0 radical (unpaired) electrons. The van der Waals surface area contributed by atoms with Crippen molar-refractivity contribution in [1.82, 2.24) is 9.13 Å². The van der Waals surface area contributed by atoms with Crippen LogP contribution in [-0.2, 0) is 6.54 Å². The number of hydrogen-bond acceptors (Lipinski definition) is 2. The average molecular weight is 619 g/mol. The van der Waals surface area contributed by atoms with Crippen LogP contribution in [0, 0.1) is 0 Å². The van der Waals surface area contributed by atoms with Gasteiger partial charge in [-0.05, 0) is 71.3 Å². The van der Waals surface area contributed by atoms with E-state index in [1.54, 1.807) is 0 Å². The Morgan fingerprint density at radius 2 is 1.02 bits per heavy atom. The highest BCUT2D eigenvalue weighted by atomic mass is 15.0. The summed E-state index contributed by atoms with van der Waals surface area (Å²) in [6, 6.07) is 60.2. The lowest BCUT2D eigenvalue weighted by Gasteiger charge is -2.18. The van der Waals surface area contributed by atoms with E-state index in [-0.39, 0.29) is 6.04 Å². The predicted octanol–water partition coefficient (Wildman–Crippen LogP) is 10.5. The standard InChI is InChI=1S/C44H34N4/c45-44(31-15-3-1-4-16-31)36-22-7-10-23-39(36)46-29-30-14-13-19-33(26-30)48-41-25-12-9-21-35(41)38-27-37-34-20-8-11-24-40(34)47(42(37)28-43(38)48)32-17-5-2-6-18-32/h1-28,44,46H,29,45H2. The molecular formula is C44H34N4. The molecule has 4 nitrogen and oxygen atoms in total. The molecule has 0 aliphatic carbocycles. The summed E-state index contributed by atoms with van der Waals surface area (Å²) >= 11 is 0. The highest BCUT2D eigenvalue weighted by molar-refractivity contribution is 6.19. The molecule has 2 aromatic heterocycles. The van der Waals surface area contributed by atoms with Crippen molar-refractivity contribution in [2.45, 2.75) is 12.6 Å². The highest BCUT2D eigenvalue weighted by Crippen LogP contribution is 2.39. The van der Waals surface area contributed by atoms with Crippen LogP contribution in [0.2, 0.25) is 0 Å². The third-order valence-corrected chi connectivity index (χ3v) is 9.59. The normalized spacial score (nSPS) is 12.3. The summed E-state index contributed by atoms with van der Waals surface area (Å²) in [4.78, 5) is 0. The predicted molar refractivity (Wildman–Crippen MR) is 201 cm³/mol. The number of para-hydroxylation sites is 4. The Morgan fingerprint density at radius 3 is 1.73 bits per heavy atom. The Morgan fingerprint density at radius 1 is 0.458 bits per heavy atom. The highest BCUT2D eigenvalue weighted by Gasteiger charge is 2.18. The van der Waals surface area contributed by atoms with E-state index in [9.17, 15) is 0 Å². The van der Waals surface area contributed by atoms with Crippen LogP contribution < -0.4 is 11.1 Å². The number of aromatic nitrogens is 2. The number of benzene rings is 7. The summed E-state index contributed by atoms with van der Waals surface area (Å²) in [7, 11) is 0. The lowest BCUT2D eigenvalue weighted by molar-refractivity contribution is 0.870. The molecule has 0 spiro atoms. The van der Waals surface area contributed by atoms with Crippen LogP contribution in [-0.4, -0.2) is 9.13 Å². The third-order valence-electron chi connectivity index (χ3n) is 9.59. The first-order chi connectivity index (χ1) is 23.7. The first kappa shape index (κ1) is 28.1. The molecule has 230 valence electrons. The van der Waals surface area contributed by atoms with E-state index in [1.165, 1.54) is 49.2 Å². The molecule has 9 aromatic rings. The molecule has 0 amide bonds. The molecule has 9 rings (SSSR count). The number of anilines is 1. The van der Waals surface area contributed by atoms with Crippen LogP contribution in [0.4, 0.5) is 5.69 Å². The van der Waals surface area contributed by atoms with Crippen molar-refractivity contribution in [2.24, 2.45) is 5.73 Å². The fourth-order valence-corrected chi connectivity index (χ4v) is 7.34. The van der Waals surface area contributed by atoms with Gasteiger partial charge in [0.05, 0.1) is 28.1 Å². The molecule has 4 heteroatoms. The first-order valence-corrected chi connectivity index (χ1v) is 16.5. The minimum Gasteiger partial charge on any atom is -0.381 e. The minimum absolute atomic E-state index is 0.206. The average Bonchev–Trinajstić information content (AvgIpc) is 3.65. The van der Waals surface area contributed by atoms with Crippen LogP contribution >= 0.6 is 0 Å². The largest absolute Gasteiger partial charge is 0.381 e. The van der Waals surface area contributed by atoms with Gasteiger partial charge in [-0.2, -0.15) is 0 Å². The molecule has 7 aromatic carbocycles. The van der Waals surface area contributed by atoms with Gasteiger partial charge >= 0.3 is 0 Å². The lowest BCUT2D eigenvalue weighted by atomic mass is 9.98. The van der Waals surface area contributed by atoms with Crippen LogP contribution in [0.1, 0.15) is 22.7 Å². The van der Waals surface area contributed by atoms with Crippen molar-refractivity contribution in [2.75, 3.05) is 5.32 Å². The summed E-state index contributed by atoms with van der Waals surface area (Å²) in [5.74, 6) is 0. The molecule has 2 heterocycles. The quantitative estimate of drug-likeness (QED) is 0.187. The maximum atomic E-state index is 6.75. The second-order valence-corrected chi connectivity index (χ2v) is 12.4. The van der Waals surface area contributed by atoms with Crippen LogP contribution in [0.15, 0.2) is 170 Å². The fraction of sp³-hybridized carbons (Fsp3) is 0.0455. The summed E-state index contributed by atoms with van der Waals surface area (Å²) in [5, 5.41) is 8.72. The van der Waals surface area contributed by atoms with Gasteiger partial charge in [-0.1, -0.05) is 115 Å². The molecule has 0 bridgehead atoms. The minimum atomic E-state index is -0.206. The fourth-order valence-electron chi connectivity index (χ4n) is 7.34. The van der Waals surface area contributed by atoms with Crippen molar-refractivity contribution in [3.8, 4) is 11.4 Å². The van der Waals surface area contributed by atoms with E-state index in [0.717, 1.165) is 28.2 Å². The molecule has 1 unspecified atom stereocenters. The summed E-state index contributed by atoms with van der Waals surface area (Å²) in [5.41, 5.74) is 18.3. The molecule has 0 fully saturated rings. The number of nitrogens with zero attached hydrogens (tertiary/aromatic N) is 2. The Kier molecular flexibility index (Phi) is 6.81. The van der Waals surface area contributed by atoms with Crippen LogP contribution in [0.5, 0.6) is 0 Å². The van der Waals surface area contributed by atoms with Crippen LogP contribution in [0.25, 0.3) is 55.0 Å². The van der Waals surface area contributed by atoms with E-state index in [0.29, 0.717) is 6.54 Å². The number of nitrogens with two attached hydrogens (primary N) is 1. The van der Waals surface area contributed by atoms with Gasteiger partial charge in [-0.25, -0.2) is 0 Å². The van der Waals surface area contributed by atoms with Crippen molar-refractivity contribution < 1.29 is 0 Å². The number of nitrogens with one attached hydrogen (secondary N) is 1. The topological polar surface area (TPSA) is 47.9 Å². The molecule has 3 N–H and O–H groups in total. The maximum Gasteiger partial charge on any atom is 0.0572 e. The van der Waals surface area contributed by atoms with E-state index < -0.39 is 0 Å². The third kappa shape index (κ3) is 4.65. The Labute approximate surface area is 279 Å². The van der Waals surface area contributed by atoms with Gasteiger partial charge in [0.25, 0.3) is 0 Å². The van der Waals surface area contributed by atoms with Gasteiger partial charge in [0, 0.05) is 45.2 Å². The van der Waals surface area contributed by atoms with Gasteiger partial charge in [0.1, 0.15) is 0 Å². The summed E-state index contributed by atoms with van der Waals surface area (Å²) < 4.78 is 4.81. The number of hydrogen-bond donors (Lipinski definition) is 2. The summed E-state index contributed by atoms with van der Waals surface area (Å²) in [6.45, 7) is 0.677. The molecule has 1 atom stereocenters. The molecule has 0 saturated heterocycles. The van der Waals surface area contributed by atoms with Gasteiger partial charge in [0.15, 0.2) is 0 Å². The second kappa shape index (κ2) is 11.6. The SMILES string of the molecule is NC(c1ccccc1)c1ccccc1NCc1cccc(-n2c3ccccc3c3cc4c5ccccc5n(-c5ccccc5)c4cc32)c1. The Balaban J connectivity index is 1.16. The zero-order chi connectivity index (χ0) is 32.0.